The van der Waals surface area contributed by atoms with Crippen molar-refractivity contribution in [3.63, 3.8) is 0 Å². The molecule has 1 aliphatic carbocycles. The van der Waals surface area contributed by atoms with Gasteiger partial charge in [-0.2, -0.15) is 0 Å². The number of benzene rings is 9. The van der Waals surface area contributed by atoms with Crippen LogP contribution in [0.5, 0.6) is 11.5 Å². The third kappa shape index (κ3) is 4.07. The standard InChI is InChI=1S/C55H34N2O/c1-2-15-36(16-3-1)56-49-25-11-6-19-42(49)54-38(20-14-26-50(54)56)35-29-31-41-40-18-5-10-24-48(40)57(51(41)33-35)37-30-32-45-43(34-37)39-17-4-7-21-44(39)55(45)46-22-8-12-27-52(46)58-53-28-13-9-23-47(53)55/h1-34H. The maximum Gasteiger partial charge on any atom is 0.132 e. The molecule has 0 radical (unpaired) electrons. The van der Waals surface area contributed by atoms with Crippen LogP contribution in [0.3, 0.4) is 0 Å². The fraction of sp³-hybridized carbons (Fsp3) is 0.0182. The van der Waals surface area contributed by atoms with Gasteiger partial charge in [0.1, 0.15) is 11.5 Å². The molecule has 3 heteroatoms. The average Bonchev–Trinajstić information content (AvgIpc) is 3.91. The van der Waals surface area contributed by atoms with Crippen molar-refractivity contribution in [2.24, 2.45) is 0 Å². The van der Waals surface area contributed by atoms with Gasteiger partial charge in [-0.3, -0.25) is 0 Å². The van der Waals surface area contributed by atoms with Crippen LogP contribution < -0.4 is 4.74 Å². The van der Waals surface area contributed by atoms with E-state index >= 15 is 0 Å². The summed E-state index contributed by atoms with van der Waals surface area (Å²) in [6.07, 6.45) is 0. The highest BCUT2D eigenvalue weighted by molar-refractivity contribution is 6.17. The highest BCUT2D eigenvalue weighted by Crippen LogP contribution is 2.62. The van der Waals surface area contributed by atoms with E-state index in [2.05, 4.69) is 215 Å². The van der Waals surface area contributed by atoms with Gasteiger partial charge in [-0.15, -0.1) is 0 Å². The molecule has 13 rings (SSSR count). The summed E-state index contributed by atoms with van der Waals surface area (Å²) in [6, 6.07) is 75.4. The summed E-state index contributed by atoms with van der Waals surface area (Å²) in [5.41, 5.74) is 16.4. The molecule has 0 unspecified atom stereocenters. The molecule has 3 heterocycles. The zero-order chi connectivity index (χ0) is 38.0. The van der Waals surface area contributed by atoms with E-state index in [0.717, 1.165) is 22.9 Å². The Balaban J connectivity index is 1.06. The van der Waals surface area contributed by atoms with Crippen LogP contribution in [-0.4, -0.2) is 9.13 Å². The first-order chi connectivity index (χ1) is 28.8. The number of para-hydroxylation sites is 5. The van der Waals surface area contributed by atoms with Crippen molar-refractivity contribution >= 4 is 43.6 Å². The second-order valence-electron chi connectivity index (χ2n) is 15.6. The van der Waals surface area contributed by atoms with Crippen LogP contribution in [0.15, 0.2) is 206 Å². The van der Waals surface area contributed by atoms with Gasteiger partial charge in [-0.05, 0) is 94.0 Å². The van der Waals surface area contributed by atoms with Crippen molar-refractivity contribution in [2.45, 2.75) is 5.41 Å². The lowest BCUT2D eigenvalue weighted by Gasteiger charge is -2.39. The molecular formula is C55H34N2O. The Labute approximate surface area is 335 Å². The first kappa shape index (κ1) is 31.6. The molecule has 2 aromatic heterocycles. The number of fused-ring (bicyclic) bond motifs is 15. The Kier molecular flexibility index (Phi) is 6.37. The highest BCUT2D eigenvalue weighted by Gasteiger charge is 2.51. The number of hydrogen-bond acceptors (Lipinski definition) is 1. The molecule has 0 saturated carbocycles. The van der Waals surface area contributed by atoms with Crippen molar-refractivity contribution in [3.8, 4) is 45.1 Å². The van der Waals surface area contributed by atoms with Gasteiger partial charge in [0, 0.05) is 44.0 Å². The van der Waals surface area contributed by atoms with Gasteiger partial charge < -0.3 is 13.9 Å². The van der Waals surface area contributed by atoms with Gasteiger partial charge >= 0.3 is 0 Å². The van der Waals surface area contributed by atoms with E-state index in [9.17, 15) is 0 Å². The summed E-state index contributed by atoms with van der Waals surface area (Å²) in [7, 11) is 0. The predicted octanol–water partition coefficient (Wildman–Crippen LogP) is 14.0. The molecular weight excluding hydrogens is 705 g/mol. The van der Waals surface area contributed by atoms with E-state index in [1.54, 1.807) is 0 Å². The number of aromatic nitrogens is 2. The van der Waals surface area contributed by atoms with Gasteiger partial charge in [-0.1, -0.05) is 146 Å². The van der Waals surface area contributed by atoms with Crippen LogP contribution in [0.25, 0.3) is 77.2 Å². The fourth-order valence-electron chi connectivity index (χ4n) is 10.5. The molecule has 0 N–H and O–H groups in total. The smallest absolute Gasteiger partial charge is 0.132 e. The van der Waals surface area contributed by atoms with Gasteiger partial charge in [-0.25, -0.2) is 0 Å². The number of ether oxygens (including phenoxy) is 1. The monoisotopic (exact) mass is 738 g/mol. The summed E-state index contributed by atoms with van der Waals surface area (Å²) in [5.74, 6) is 1.81. The Morgan fingerprint density at radius 2 is 0.897 bits per heavy atom. The summed E-state index contributed by atoms with van der Waals surface area (Å²) >= 11 is 0. The van der Waals surface area contributed by atoms with Gasteiger partial charge in [0.2, 0.25) is 0 Å². The molecule has 0 atom stereocenters. The lowest BCUT2D eigenvalue weighted by atomic mass is 9.66. The number of hydrogen-bond donors (Lipinski definition) is 0. The zero-order valence-corrected chi connectivity index (χ0v) is 31.4. The highest BCUT2D eigenvalue weighted by atomic mass is 16.5. The Morgan fingerprint density at radius 1 is 0.328 bits per heavy atom. The number of rotatable bonds is 3. The van der Waals surface area contributed by atoms with Gasteiger partial charge in [0.05, 0.1) is 27.5 Å². The molecule has 1 aliphatic heterocycles. The van der Waals surface area contributed by atoms with E-state index in [1.807, 2.05) is 0 Å². The first-order valence-corrected chi connectivity index (χ1v) is 20.0. The lowest BCUT2D eigenvalue weighted by molar-refractivity contribution is 0.436. The van der Waals surface area contributed by atoms with Crippen molar-refractivity contribution in [1.29, 1.82) is 0 Å². The Hall–Kier alpha value is -7.62. The summed E-state index contributed by atoms with van der Waals surface area (Å²) in [5, 5.41) is 5.00. The first-order valence-electron chi connectivity index (χ1n) is 20.0. The summed E-state index contributed by atoms with van der Waals surface area (Å²) in [4.78, 5) is 0. The Bertz CT molecular complexity index is 3450. The van der Waals surface area contributed by atoms with Gasteiger partial charge in [0.15, 0.2) is 0 Å². The SMILES string of the molecule is c1ccc(-n2c3ccccc3c3c(-c4ccc5c6ccccc6n(-c6ccc7c(c6)-c6ccccc6C76c7ccccc7Oc7ccccc76)c5c4)cccc32)cc1. The third-order valence-corrected chi connectivity index (χ3v) is 12.8. The minimum absolute atomic E-state index is 0.499. The zero-order valence-electron chi connectivity index (χ0n) is 31.4. The maximum atomic E-state index is 6.59. The molecule has 11 aromatic rings. The second kappa shape index (κ2) is 11.7. The molecule has 1 spiro atoms. The van der Waals surface area contributed by atoms with E-state index < -0.39 is 5.41 Å². The lowest BCUT2D eigenvalue weighted by Crippen LogP contribution is -2.32. The largest absolute Gasteiger partial charge is 0.457 e. The van der Waals surface area contributed by atoms with Crippen LogP contribution in [0.2, 0.25) is 0 Å². The van der Waals surface area contributed by atoms with Crippen molar-refractivity contribution < 1.29 is 4.74 Å². The molecule has 0 saturated heterocycles. The third-order valence-electron chi connectivity index (χ3n) is 12.8. The minimum atomic E-state index is -0.499. The van der Waals surface area contributed by atoms with Crippen molar-refractivity contribution in [1.82, 2.24) is 9.13 Å². The quantitative estimate of drug-likeness (QED) is 0.177. The van der Waals surface area contributed by atoms with Crippen LogP contribution in [0, 0.1) is 0 Å². The molecule has 0 fully saturated rings. The normalized spacial score (nSPS) is 13.4. The van der Waals surface area contributed by atoms with E-state index in [0.29, 0.717) is 0 Å². The molecule has 9 aromatic carbocycles. The van der Waals surface area contributed by atoms with Gasteiger partial charge in [0.25, 0.3) is 0 Å². The van der Waals surface area contributed by atoms with Crippen LogP contribution >= 0.6 is 0 Å². The second-order valence-corrected chi connectivity index (χ2v) is 15.6. The molecule has 270 valence electrons. The topological polar surface area (TPSA) is 19.1 Å². The summed E-state index contributed by atoms with van der Waals surface area (Å²) < 4.78 is 11.5. The van der Waals surface area contributed by atoms with E-state index in [1.165, 1.54) is 88.1 Å². The summed E-state index contributed by atoms with van der Waals surface area (Å²) in [6.45, 7) is 0. The molecule has 2 aliphatic rings. The van der Waals surface area contributed by atoms with Crippen molar-refractivity contribution in [2.75, 3.05) is 0 Å². The molecule has 0 bridgehead atoms. The maximum absolute atomic E-state index is 6.59. The number of nitrogens with zero attached hydrogens (tertiary/aromatic N) is 2. The van der Waals surface area contributed by atoms with E-state index in [4.69, 9.17) is 4.74 Å². The fourth-order valence-corrected chi connectivity index (χ4v) is 10.5. The molecule has 58 heavy (non-hydrogen) atoms. The molecule has 3 nitrogen and oxygen atoms in total. The predicted molar refractivity (Wildman–Crippen MR) is 238 cm³/mol. The average molecular weight is 739 g/mol. The van der Waals surface area contributed by atoms with Crippen LogP contribution in [0.1, 0.15) is 22.3 Å². The Morgan fingerprint density at radius 3 is 1.69 bits per heavy atom. The molecule has 0 amide bonds. The van der Waals surface area contributed by atoms with Crippen LogP contribution in [-0.2, 0) is 5.41 Å². The van der Waals surface area contributed by atoms with Crippen LogP contribution in [0.4, 0.5) is 0 Å². The minimum Gasteiger partial charge on any atom is -0.457 e. The van der Waals surface area contributed by atoms with Crippen molar-refractivity contribution in [3.05, 3.63) is 229 Å². The van der Waals surface area contributed by atoms with E-state index in [-0.39, 0.29) is 0 Å².